The number of aromatic nitrogens is 2. The zero-order chi connectivity index (χ0) is 15.5. The minimum atomic E-state index is -1.05. The number of carboxylic acids is 1. The molecule has 5 nitrogen and oxygen atoms in total. The van der Waals surface area contributed by atoms with Crippen LogP contribution < -0.4 is 0 Å². The molecule has 3 rings (SSSR count). The quantitative estimate of drug-likeness (QED) is 0.943. The van der Waals surface area contributed by atoms with Crippen LogP contribution >= 0.6 is 0 Å². The number of carbonyl (C=O) groups is 1. The number of benzene rings is 1. The highest BCUT2D eigenvalue weighted by atomic mass is 19.1. The summed E-state index contributed by atoms with van der Waals surface area (Å²) in [5, 5.41) is 13.0. The standard InChI is InChI=1S/C16H17FN2O3/c17-14-7-11(4-5-12(14)8-16(20)21)13-9-18-19(10-13)15-3-1-2-6-22-15/h4-5,7,9-10,15H,1-3,6,8H2,(H,20,21). The van der Waals surface area contributed by atoms with E-state index in [-0.39, 0.29) is 18.2 Å². The molecule has 0 aliphatic carbocycles. The van der Waals surface area contributed by atoms with Crippen LogP contribution in [0, 0.1) is 5.82 Å². The molecule has 2 aromatic rings. The Morgan fingerprint density at radius 1 is 1.41 bits per heavy atom. The van der Waals surface area contributed by atoms with Crippen LogP contribution in [-0.4, -0.2) is 27.5 Å². The second kappa shape index (κ2) is 6.27. The van der Waals surface area contributed by atoms with E-state index in [1.807, 2.05) is 6.20 Å². The van der Waals surface area contributed by atoms with E-state index in [1.54, 1.807) is 16.9 Å². The van der Waals surface area contributed by atoms with Gasteiger partial charge in [0, 0.05) is 18.4 Å². The first-order chi connectivity index (χ1) is 10.6. The zero-order valence-corrected chi connectivity index (χ0v) is 12.0. The van der Waals surface area contributed by atoms with Crippen molar-refractivity contribution in [1.82, 2.24) is 9.78 Å². The summed E-state index contributed by atoms with van der Waals surface area (Å²) in [5.74, 6) is -1.56. The molecule has 2 heterocycles. The average molecular weight is 304 g/mol. The average Bonchev–Trinajstić information content (AvgIpc) is 3.00. The predicted molar refractivity (Wildman–Crippen MR) is 77.8 cm³/mol. The van der Waals surface area contributed by atoms with Gasteiger partial charge in [0.2, 0.25) is 0 Å². The van der Waals surface area contributed by atoms with Gasteiger partial charge in [-0.15, -0.1) is 0 Å². The Morgan fingerprint density at radius 2 is 2.27 bits per heavy atom. The number of hydrogen-bond donors (Lipinski definition) is 1. The summed E-state index contributed by atoms with van der Waals surface area (Å²) < 4.78 is 21.4. The number of halogens is 1. The monoisotopic (exact) mass is 304 g/mol. The van der Waals surface area contributed by atoms with Crippen LogP contribution in [0.4, 0.5) is 4.39 Å². The highest BCUT2D eigenvalue weighted by Crippen LogP contribution is 2.26. The van der Waals surface area contributed by atoms with Crippen molar-refractivity contribution in [3.05, 3.63) is 42.0 Å². The van der Waals surface area contributed by atoms with Gasteiger partial charge >= 0.3 is 5.97 Å². The highest BCUT2D eigenvalue weighted by Gasteiger charge is 2.17. The smallest absolute Gasteiger partial charge is 0.307 e. The Bertz CT molecular complexity index is 678. The molecule has 1 N–H and O–H groups in total. The third-order valence-corrected chi connectivity index (χ3v) is 3.78. The summed E-state index contributed by atoms with van der Waals surface area (Å²) in [7, 11) is 0. The lowest BCUT2D eigenvalue weighted by atomic mass is 10.0. The molecule has 1 aromatic heterocycles. The largest absolute Gasteiger partial charge is 0.481 e. The van der Waals surface area contributed by atoms with E-state index in [0.29, 0.717) is 5.56 Å². The molecule has 0 spiro atoms. The Hall–Kier alpha value is -2.21. The SMILES string of the molecule is O=C(O)Cc1ccc(-c2cnn(C3CCCCO3)c2)cc1F. The van der Waals surface area contributed by atoms with Gasteiger partial charge in [-0.05, 0) is 36.5 Å². The number of ether oxygens (including phenoxy) is 1. The number of carboxylic acid groups (broad SMARTS) is 1. The zero-order valence-electron chi connectivity index (χ0n) is 12.0. The first-order valence-corrected chi connectivity index (χ1v) is 7.30. The van der Waals surface area contributed by atoms with Crippen LogP contribution in [0.25, 0.3) is 11.1 Å². The van der Waals surface area contributed by atoms with Crippen LogP contribution in [0.3, 0.4) is 0 Å². The maximum Gasteiger partial charge on any atom is 0.307 e. The molecule has 1 aliphatic heterocycles. The van der Waals surface area contributed by atoms with Crippen molar-refractivity contribution in [2.45, 2.75) is 31.9 Å². The van der Waals surface area contributed by atoms with E-state index in [1.165, 1.54) is 12.1 Å². The van der Waals surface area contributed by atoms with Gasteiger partial charge in [-0.3, -0.25) is 4.79 Å². The van der Waals surface area contributed by atoms with E-state index in [2.05, 4.69) is 5.10 Å². The van der Waals surface area contributed by atoms with Crippen LogP contribution in [0.1, 0.15) is 31.1 Å². The molecular formula is C16H17FN2O3. The third kappa shape index (κ3) is 3.17. The predicted octanol–water partition coefficient (Wildman–Crippen LogP) is 3.02. The van der Waals surface area contributed by atoms with E-state index < -0.39 is 11.8 Å². The summed E-state index contributed by atoms with van der Waals surface area (Å²) in [4.78, 5) is 10.7. The van der Waals surface area contributed by atoms with E-state index in [4.69, 9.17) is 9.84 Å². The van der Waals surface area contributed by atoms with Gasteiger partial charge in [0.05, 0.1) is 12.6 Å². The fourth-order valence-corrected chi connectivity index (χ4v) is 2.61. The number of aliphatic carboxylic acids is 1. The van der Waals surface area contributed by atoms with Crippen molar-refractivity contribution < 1.29 is 19.0 Å². The lowest BCUT2D eigenvalue weighted by molar-refractivity contribution is -0.136. The molecular weight excluding hydrogens is 287 g/mol. The second-order valence-corrected chi connectivity index (χ2v) is 5.41. The van der Waals surface area contributed by atoms with Crippen molar-refractivity contribution in [3.63, 3.8) is 0 Å². The Kier molecular flexibility index (Phi) is 4.20. The molecule has 1 aliphatic rings. The minimum absolute atomic E-state index is 0.0568. The normalized spacial score (nSPS) is 18.3. The molecule has 0 saturated carbocycles. The summed E-state index contributed by atoms with van der Waals surface area (Å²) in [5.41, 5.74) is 1.64. The van der Waals surface area contributed by atoms with Crippen molar-refractivity contribution in [2.75, 3.05) is 6.61 Å². The van der Waals surface area contributed by atoms with E-state index >= 15 is 0 Å². The topological polar surface area (TPSA) is 64.3 Å². The third-order valence-electron chi connectivity index (χ3n) is 3.78. The summed E-state index contributed by atoms with van der Waals surface area (Å²) in [6, 6.07) is 4.57. The van der Waals surface area contributed by atoms with E-state index in [0.717, 1.165) is 31.4 Å². The fourth-order valence-electron chi connectivity index (χ4n) is 2.61. The summed E-state index contributed by atoms with van der Waals surface area (Å²) >= 11 is 0. The minimum Gasteiger partial charge on any atom is -0.481 e. The van der Waals surface area contributed by atoms with Crippen LogP contribution in [0.2, 0.25) is 0 Å². The fraction of sp³-hybridized carbons (Fsp3) is 0.375. The van der Waals surface area contributed by atoms with Gasteiger partial charge in [-0.1, -0.05) is 12.1 Å². The van der Waals surface area contributed by atoms with Crippen LogP contribution in [-0.2, 0) is 16.0 Å². The molecule has 1 fully saturated rings. The van der Waals surface area contributed by atoms with Gasteiger partial charge in [0.15, 0.2) is 0 Å². The van der Waals surface area contributed by atoms with Gasteiger partial charge in [-0.2, -0.15) is 5.10 Å². The van der Waals surface area contributed by atoms with Crippen LogP contribution in [0.5, 0.6) is 0 Å². The van der Waals surface area contributed by atoms with Crippen LogP contribution in [0.15, 0.2) is 30.6 Å². The van der Waals surface area contributed by atoms with Gasteiger partial charge in [-0.25, -0.2) is 9.07 Å². The summed E-state index contributed by atoms with van der Waals surface area (Å²) in [6.45, 7) is 0.734. The Balaban J connectivity index is 1.80. The number of hydrogen-bond acceptors (Lipinski definition) is 3. The molecule has 0 amide bonds. The lowest BCUT2D eigenvalue weighted by Crippen LogP contribution is -2.18. The molecule has 116 valence electrons. The second-order valence-electron chi connectivity index (χ2n) is 5.41. The molecule has 1 aromatic carbocycles. The first-order valence-electron chi connectivity index (χ1n) is 7.30. The molecule has 0 bridgehead atoms. The van der Waals surface area contributed by atoms with Gasteiger partial charge in [0.1, 0.15) is 12.0 Å². The molecule has 1 atom stereocenters. The van der Waals surface area contributed by atoms with Gasteiger partial charge < -0.3 is 9.84 Å². The first kappa shape index (κ1) is 14.7. The lowest BCUT2D eigenvalue weighted by Gasteiger charge is -2.22. The van der Waals surface area contributed by atoms with Crippen molar-refractivity contribution in [2.24, 2.45) is 0 Å². The highest BCUT2D eigenvalue weighted by molar-refractivity contribution is 5.71. The van der Waals surface area contributed by atoms with Gasteiger partial charge in [0.25, 0.3) is 0 Å². The maximum atomic E-state index is 13.9. The molecule has 0 radical (unpaired) electrons. The molecule has 1 unspecified atom stereocenters. The van der Waals surface area contributed by atoms with Crippen molar-refractivity contribution in [1.29, 1.82) is 0 Å². The van der Waals surface area contributed by atoms with E-state index in [9.17, 15) is 9.18 Å². The molecule has 22 heavy (non-hydrogen) atoms. The van der Waals surface area contributed by atoms with Crippen molar-refractivity contribution in [3.8, 4) is 11.1 Å². The Labute approximate surface area is 127 Å². The number of rotatable bonds is 4. The Morgan fingerprint density at radius 3 is 2.95 bits per heavy atom. The van der Waals surface area contributed by atoms with Crippen molar-refractivity contribution >= 4 is 5.97 Å². The molecule has 6 heteroatoms. The maximum absolute atomic E-state index is 13.9. The summed E-state index contributed by atoms with van der Waals surface area (Å²) in [6.07, 6.45) is 6.23. The number of nitrogens with zero attached hydrogens (tertiary/aromatic N) is 2. The molecule has 1 saturated heterocycles.